The third-order valence-electron chi connectivity index (χ3n) is 3.60. The molecule has 2 N–H and O–H groups in total. The van der Waals surface area contributed by atoms with Crippen LogP contribution >= 0.6 is 35.6 Å². The van der Waals surface area contributed by atoms with Gasteiger partial charge in [0.05, 0.1) is 22.8 Å². The molecule has 1 aliphatic heterocycles. The summed E-state index contributed by atoms with van der Waals surface area (Å²) in [5.41, 5.74) is 1.10. The molecule has 124 valence electrons. The Hall–Kier alpha value is -0.520. The monoisotopic (exact) mass is 366 g/mol. The average Bonchev–Trinajstić information content (AvgIpc) is 2.67. The van der Waals surface area contributed by atoms with Crippen LogP contribution in [0.1, 0.15) is 24.8 Å². The first-order chi connectivity index (χ1) is 10.1. The number of benzene rings is 1. The van der Waals surface area contributed by atoms with Gasteiger partial charge in [-0.15, -0.1) is 12.4 Å². The topological polar surface area (TPSA) is 50.4 Å². The minimum atomic E-state index is -0.0205. The summed E-state index contributed by atoms with van der Waals surface area (Å²) in [5.74, 6) is 0.170. The van der Waals surface area contributed by atoms with Crippen molar-refractivity contribution in [3.63, 3.8) is 0 Å². The maximum Gasteiger partial charge on any atom is 0.216 e. The summed E-state index contributed by atoms with van der Waals surface area (Å²) in [5, 5.41) is 7.30. The molecule has 0 bridgehead atoms. The van der Waals surface area contributed by atoms with Gasteiger partial charge >= 0.3 is 0 Å². The first-order valence-electron chi connectivity index (χ1n) is 7.09. The first-order valence-corrected chi connectivity index (χ1v) is 7.85. The van der Waals surface area contributed by atoms with Gasteiger partial charge < -0.3 is 15.4 Å². The molecule has 0 aliphatic carbocycles. The van der Waals surface area contributed by atoms with E-state index in [9.17, 15) is 4.79 Å². The van der Waals surface area contributed by atoms with Crippen LogP contribution in [-0.4, -0.2) is 38.3 Å². The average molecular weight is 368 g/mol. The Morgan fingerprint density at radius 1 is 1.41 bits per heavy atom. The molecule has 1 heterocycles. The third kappa shape index (κ3) is 5.60. The molecule has 1 amide bonds. The maximum absolute atomic E-state index is 11.0. The fourth-order valence-electron chi connectivity index (χ4n) is 2.54. The van der Waals surface area contributed by atoms with Crippen LogP contribution in [0.3, 0.4) is 0 Å². The molecule has 2 rings (SSSR count). The highest BCUT2D eigenvalue weighted by atomic mass is 35.5. The van der Waals surface area contributed by atoms with Gasteiger partial charge in [-0.05, 0) is 24.1 Å². The molecule has 22 heavy (non-hydrogen) atoms. The van der Waals surface area contributed by atoms with Crippen LogP contribution in [0.25, 0.3) is 0 Å². The molecule has 0 radical (unpaired) electrons. The molecule has 4 nitrogen and oxygen atoms in total. The van der Waals surface area contributed by atoms with Crippen LogP contribution in [0.2, 0.25) is 10.0 Å². The molecular formula is C15H21Cl3N2O2. The lowest BCUT2D eigenvalue weighted by atomic mass is 9.91. The summed E-state index contributed by atoms with van der Waals surface area (Å²) < 4.78 is 5.93. The molecule has 1 aliphatic rings. The molecule has 0 aromatic heterocycles. The zero-order valence-electron chi connectivity index (χ0n) is 12.4. The number of carbonyl (C=O) groups is 1. The predicted molar refractivity (Wildman–Crippen MR) is 92.4 cm³/mol. The van der Waals surface area contributed by atoms with Crippen LogP contribution in [0.4, 0.5) is 0 Å². The summed E-state index contributed by atoms with van der Waals surface area (Å²) in [6, 6.07) is 5.70. The van der Waals surface area contributed by atoms with Crippen LogP contribution < -0.4 is 10.6 Å². The van der Waals surface area contributed by atoms with Crippen molar-refractivity contribution in [2.75, 3.05) is 26.2 Å². The number of halogens is 3. The Labute approximate surface area is 147 Å². The van der Waals surface area contributed by atoms with E-state index >= 15 is 0 Å². The van der Waals surface area contributed by atoms with E-state index < -0.39 is 0 Å². The summed E-state index contributed by atoms with van der Waals surface area (Å²) in [4.78, 5) is 11.0. The van der Waals surface area contributed by atoms with Crippen molar-refractivity contribution in [2.24, 2.45) is 0 Å². The van der Waals surface area contributed by atoms with E-state index in [1.165, 1.54) is 6.92 Å². The first kappa shape index (κ1) is 19.5. The molecule has 0 spiro atoms. The molecule has 2 atom stereocenters. The molecule has 1 aromatic carbocycles. The van der Waals surface area contributed by atoms with E-state index in [2.05, 4.69) is 10.6 Å². The summed E-state index contributed by atoms with van der Waals surface area (Å²) >= 11 is 12.1. The van der Waals surface area contributed by atoms with Crippen LogP contribution in [-0.2, 0) is 9.53 Å². The smallest absolute Gasteiger partial charge is 0.216 e. The third-order valence-corrected chi connectivity index (χ3v) is 4.34. The number of hydrogen-bond donors (Lipinski definition) is 2. The van der Waals surface area contributed by atoms with Crippen molar-refractivity contribution >= 4 is 41.5 Å². The van der Waals surface area contributed by atoms with Crippen LogP contribution in [0.15, 0.2) is 18.2 Å². The molecule has 1 saturated heterocycles. The molecule has 1 fully saturated rings. The minimum Gasteiger partial charge on any atom is -0.376 e. The number of amides is 1. The van der Waals surface area contributed by atoms with Crippen molar-refractivity contribution in [2.45, 2.75) is 25.4 Å². The van der Waals surface area contributed by atoms with Crippen molar-refractivity contribution in [3.8, 4) is 0 Å². The zero-order valence-corrected chi connectivity index (χ0v) is 14.7. The van der Waals surface area contributed by atoms with Crippen LogP contribution in [0, 0.1) is 0 Å². The van der Waals surface area contributed by atoms with E-state index in [1.807, 2.05) is 18.2 Å². The number of carbonyl (C=O) groups excluding carboxylic acids is 1. The summed E-state index contributed by atoms with van der Waals surface area (Å²) in [7, 11) is 0. The predicted octanol–water partition coefficient (Wildman–Crippen LogP) is 3.01. The summed E-state index contributed by atoms with van der Waals surface area (Å²) in [6.07, 6.45) is 0.815. The maximum atomic E-state index is 11.0. The van der Waals surface area contributed by atoms with E-state index in [1.54, 1.807) is 0 Å². The largest absolute Gasteiger partial charge is 0.376 e. The highest BCUT2D eigenvalue weighted by Crippen LogP contribution is 2.30. The Kier molecular flexibility index (Phi) is 8.50. The molecule has 2 unspecified atom stereocenters. The second kappa shape index (κ2) is 9.58. The lowest BCUT2D eigenvalue weighted by molar-refractivity contribution is -0.119. The quantitative estimate of drug-likeness (QED) is 0.860. The normalized spacial score (nSPS) is 21.6. The lowest BCUT2D eigenvalue weighted by Crippen LogP contribution is -2.31. The van der Waals surface area contributed by atoms with Gasteiger partial charge in [0.15, 0.2) is 0 Å². The number of hydrogen-bond acceptors (Lipinski definition) is 3. The highest BCUT2D eigenvalue weighted by Gasteiger charge is 2.26. The van der Waals surface area contributed by atoms with E-state index in [0.29, 0.717) is 23.2 Å². The Morgan fingerprint density at radius 2 is 2.18 bits per heavy atom. The highest BCUT2D eigenvalue weighted by molar-refractivity contribution is 6.42. The fourth-order valence-corrected chi connectivity index (χ4v) is 2.84. The van der Waals surface area contributed by atoms with Crippen LogP contribution in [0.5, 0.6) is 0 Å². The second-order valence-electron chi connectivity index (χ2n) is 5.17. The Bertz CT molecular complexity index is 500. The van der Waals surface area contributed by atoms with Gasteiger partial charge in [-0.25, -0.2) is 0 Å². The van der Waals surface area contributed by atoms with Crippen molar-refractivity contribution in [1.29, 1.82) is 0 Å². The van der Waals surface area contributed by atoms with E-state index in [4.69, 9.17) is 27.9 Å². The molecule has 7 heteroatoms. The minimum absolute atomic E-state index is 0. The number of rotatable bonds is 4. The SMILES string of the molecule is CC(=O)NCCC1OCCNCC1c1ccc(Cl)c(Cl)c1.Cl. The van der Waals surface area contributed by atoms with E-state index in [-0.39, 0.29) is 30.3 Å². The standard InChI is InChI=1S/C15H20Cl2N2O2.ClH/c1-10(20)19-5-4-15-12(9-18-6-7-21-15)11-2-3-13(16)14(17)8-11;/h2-3,8,12,15,18H,4-7,9H2,1H3,(H,19,20);1H. The van der Waals surface area contributed by atoms with Crippen molar-refractivity contribution in [1.82, 2.24) is 10.6 Å². The Morgan fingerprint density at radius 3 is 2.86 bits per heavy atom. The van der Waals surface area contributed by atoms with Gasteiger partial charge in [0.2, 0.25) is 5.91 Å². The zero-order chi connectivity index (χ0) is 15.2. The van der Waals surface area contributed by atoms with Gasteiger partial charge in [0.1, 0.15) is 0 Å². The van der Waals surface area contributed by atoms with E-state index in [0.717, 1.165) is 25.1 Å². The Balaban J connectivity index is 0.00000242. The second-order valence-corrected chi connectivity index (χ2v) is 5.98. The molecule has 0 saturated carbocycles. The molecule has 1 aromatic rings. The van der Waals surface area contributed by atoms with Crippen molar-refractivity contribution < 1.29 is 9.53 Å². The van der Waals surface area contributed by atoms with Gasteiger partial charge in [0, 0.05) is 32.5 Å². The van der Waals surface area contributed by atoms with Gasteiger partial charge in [-0.3, -0.25) is 4.79 Å². The van der Waals surface area contributed by atoms with Crippen molar-refractivity contribution in [3.05, 3.63) is 33.8 Å². The fraction of sp³-hybridized carbons (Fsp3) is 0.533. The van der Waals surface area contributed by atoms with Gasteiger partial charge in [-0.1, -0.05) is 29.3 Å². The van der Waals surface area contributed by atoms with Gasteiger partial charge in [0.25, 0.3) is 0 Å². The summed E-state index contributed by atoms with van der Waals surface area (Å²) in [6.45, 7) is 4.45. The lowest BCUT2D eigenvalue weighted by Gasteiger charge is -2.25. The number of nitrogens with one attached hydrogen (secondary N) is 2. The van der Waals surface area contributed by atoms with Gasteiger partial charge in [-0.2, -0.15) is 0 Å². The number of ether oxygens (including phenoxy) is 1. The molecular weight excluding hydrogens is 347 g/mol.